The zero-order valence-corrected chi connectivity index (χ0v) is 22.5. The van der Waals surface area contributed by atoms with Crippen LogP contribution in [0.3, 0.4) is 0 Å². The summed E-state index contributed by atoms with van der Waals surface area (Å²) in [6.07, 6.45) is 9.84. The maximum atomic E-state index is 13.1. The molecule has 0 aromatic heterocycles. The molecular formula is C30H48O4. The number of allylic oxidation sites excluding steroid dienone is 1. The Morgan fingerprint density at radius 2 is 1.74 bits per heavy atom. The fourth-order valence-corrected chi connectivity index (χ4v) is 9.55. The highest BCUT2D eigenvalue weighted by Crippen LogP contribution is 2.74. The second-order valence-electron chi connectivity index (χ2n) is 13.7. The van der Waals surface area contributed by atoms with Crippen LogP contribution in [0.1, 0.15) is 93.4 Å². The average molecular weight is 473 g/mol. The largest absolute Gasteiger partial charge is 0.392 e. The molecule has 3 saturated carbocycles. The zero-order valence-electron chi connectivity index (χ0n) is 22.5. The molecule has 0 saturated heterocycles. The molecule has 4 nitrogen and oxygen atoms in total. The van der Waals surface area contributed by atoms with Crippen molar-refractivity contribution >= 4 is 6.29 Å². The van der Waals surface area contributed by atoms with Crippen LogP contribution in [-0.4, -0.2) is 39.9 Å². The van der Waals surface area contributed by atoms with Gasteiger partial charge in [-0.3, -0.25) is 0 Å². The fourth-order valence-electron chi connectivity index (χ4n) is 9.55. The summed E-state index contributed by atoms with van der Waals surface area (Å²) >= 11 is 0. The number of aldehydes is 1. The minimum Gasteiger partial charge on any atom is -0.392 e. The summed E-state index contributed by atoms with van der Waals surface area (Å²) in [6, 6.07) is 0. The van der Waals surface area contributed by atoms with E-state index in [1.165, 1.54) is 6.29 Å². The molecule has 0 heterocycles. The summed E-state index contributed by atoms with van der Waals surface area (Å²) in [5, 5.41) is 33.0. The Hall–Kier alpha value is -0.970. The smallest absolute Gasteiger partial charge is 0.127 e. The van der Waals surface area contributed by atoms with Gasteiger partial charge in [0, 0.05) is 16.7 Å². The number of hydrogen-bond acceptors (Lipinski definition) is 4. The van der Waals surface area contributed by atoms with Gasteiger partial charge in [-0.2, -0.15) is 0 Å². The summed E-state index contributed by atoms with van der Waals surface area (Å²) in [5.74, 6) is 0.839. The van der Waals surface area contributed by atoms with E-state index in [4.69, 9.17) is 0 Å². The summed E-state index contributed by atoms with van der Waals surface area (Å²) < 4.78 is 0. The van der Waals surface area contributed by atoms with E-state index in [-0.39, 0.29) is 22.7 Å². The van der Waals surface area contributed by atoms with Crippen LogP contribution in [0.5, 0.6) is 0 Å². The molecule has 3 fully saturated rings. The number of carbonyl (C=O) groups excluding carboxylic acids is 1. The molecular weight excluding hydrogens is 424 g/mol. The normalized spacial score (nSPS) is 46.9. The zero-order chi connectivity index (χ0) is 25.3. The molecule has 0 aliphatic heterocycles. The maximum Gasteiger partial charge on any atom is 0.127 e. The van der Waals surface area contributed by atoms with Gasteiger partial charge >= 0.3 is 0 Å². The number of hydrogen-bond donors (Lipinski definition) is 3. The molecule has 1 unspecified atom stereocenters. The second kappa shape index (κ2) is 8.56. The third-order valence-corrected chi connectivity index (χ3v) is 11.5. The monoisotopic (exact) mass is 472 g/mol. The first-order valence-electron chi connectivity index (χ1n) is 13.6. The number of fused-ring (bicyclic) bond motifs is 5. The summed E-state index contributed by atoms with van der Waals surface area (Å²) in [5.41, 5.74) is 1.14. The molecule has 0 aromatic rings. The molecule has 10 atom stereocenters. The van der Waals surface area contributed by atoms with Crippen LogP contribution in [0.4, 0.5) is 0 Å². The van der Waals surface area contributed by atoms with Crippen LogP contribution in [-0.2, 0) is 4.79 Å². The molecule has 0 spiro atoms. The summed E-state index contributed by atoms with van der Waals surface area (Å²) in [4.78, 5) is 13.1. The van der Waals surface area contributed by atoms with Gasteiger partial charge in [0.15, 0.2) is 0 Å². The molecule has 0 amide bonds. The molecule has 0 radical (unpaired) electrons. The Kier molecular flexibility index (Phi) is 6.57. The molecule has 4 aliphatic rings. The predicted molar refractivity (Wildman–Crippen MR) is 136 cm³/mol. The van der Waals surface area contributed by atoms with Gasteiger partial charge < -0.3 is 20.1 Å². The van der Waals surface area contributed by atoms with Crippen LogP contribution in [0.15, 0.2) is 23.3 Å². The van der Waals surface area contributed by atoms with Gasteiger partial charge in [0.25, 0.3) is 0 Å². The van der Waals surface area contributed by atoms with Crippen molar-refractivity contribution in [3.63, 3.8) is 0 Å². The number of rotatable bonds is 5. The SMILES string of the molecule is CC(C)=CC(O)C[C@H](C)[C@@H]1CC[C@]2(C)[C@H]3[C@H](O)C=C4[C@H](CC[C@@H](O)C4(C)C)[C@@]3(C=O)CC[C@@]12C. The van der Waals surface area contributed by atoms with E-state index in [2.05, 4.69) is 34.6 Å². The van der Waals surface area contributed by atoms with Crippen molar-refractivity contribution in [2.24, 2.45) is 45.3 Å². The van der Waals surface area contributed by atoms with Gasteiger partial charge in [-0.1, -0.05) is 57.9 Å². The molecule has 4 heteroatoms. The minimum absolute atomic E-state index is 0.0182. The molecule has 0 bridgehead atoms. The molecule has 4 aliphatic carbocycles. The molecule has 3 N–H and O–H groups in total. The summed E-state index contributed by atoms with van der Waals surface area (Å²) in [6.45, 7) is 15.2. The lowest BCUT2D eigenvalue weighted by molar-refractivity contribution is -0.183. The predicted octanol–water partition coefficient (Wildman–Crippen LogP) is 5.46. The van der Waals surface area contributed by atoms with Crippen LogP contribution < -0.4 is 0 Å². The topological polar surface area (TPSA) is 77.8 Å². The average Bonchev–Trinajstić information content (AvgIpc) is 3.01. The van der Waals surface area contributed by atoms with Crippen molar-refractivity contribution in [2.45, 2.75) is 112 Å². The first-order chi connectivity index (χ1) is 15.7. The van der Waals surface area contributed by atoms with E-state index in [0.29, 0.717) is 18.3 Å². The van der Waals surface area contributed by atoms with E-state index in [0.717, 1.165) is 49.7 Å². The van der Waals surface area contributed by atoms with Crippen molar-refractivity contribution in [1.82, 2.24) is 0 Å². The van der Waals surface area contributed by atoms with Gasteiger partial charge in [-0.15, -0.1) is 0 Å². The van der Waals surface area contributed by atoms with Crippen molar-refractivity contribution in [3.8, 4) is 0 Å². The lowest BCUT2D eigenvalue weighted by Gasteiger charge is -2.66. The number of aliphatic hydroxyl groups excluding tert-OH is 3. The van der Waals surface area contributed by atoms with Crippen molar-refractivity contribution in [3.05, 3.63) is 23.3 Å². The molecule has 34 heavy (non-hydrogen) atoms. The third kappa shape index (κ3) is 3.53. The Balaban J connectivity index is 1.72. The second-order valence-corrected chi connectivity index (χ2v) is 13.7. The van der Waals surface area contributed by atoms with Gasteiger partial charge in [-0.05, 0) is 87.4 Å². The van der Waals surface area contributed by atoms with Crippen molar-refractivity contribution in [2.75, 3.05) is 0 Å². The minimum atomic E-state index is -0.670. The Morgan fingerprint density at radius 3 is 2.35 bits per heavy atom. The third-order valence-electron chi connectivity index (χ3n) is 11.5. The standard InChI is InChI=1S/C30H48O4/c1-18(2)14-20(32)15-19(3)21-10-11-29(7)26-24(33)16-23-22(8-9-25(34)27(23,4)5)30(26,17-31)13-12-28(21,29)6/h14,16-17,19-22,24-26,32-34H,8-13,15H2,1-7H3/t19-,20?,21-,22-,24+,25+,26+,28-,29+,30-/m0/s1. The van der Waals surface area contributed by atoms with Gasteiger partial charge in [-0.25, -0.2) is 0 Å². The highest BCUT2D eigenvalue weighted by molar-refractivity contribution is 5.65. The first-order valence-corrected chi connectivity index (χ1v) is 13.6. The highest BCUT2D eigenvalue weighted by Gasteiger charge is 2.70. The van der Waals surface area contributed by atoms with E-state index in [1.807, 2.05) is 26.0 Å². The maximum absolute atomic E-state index is 13.1. The van der Waals surface area contributed by atoms with E-state index in [9.17, 15) is 20.1 Å². The van der Waals surface area contributed by atoms with Gasteiger partial charge in [0.1, 0.15) is 6.29 Å². The first kappa shape index (κ1) is 26.1. The van der Waals surface area contributed by atoms with Gasteiger partial charge in [0.05, 0.1) is 18.3 Å². The molecule has 192 valence electrons. The van der Waals surface area contributed by atoms with Crippen molar-refractivity contribution in [1.29, 1.82) is 0 Å². The van der Waals surface area contributed by atoms with Gasteiger partial charge in [0.2, 0.25) is 0 Å². The fraction of sp³-hybridized carbons (Fsp3) is 0.833. The van der Waals surface area contributed by atoms with Crippen LogP contribution >= 0.6 is 0 Å². The van der Waals surface area contributed by atoms with E-state index < -0.39 is 29.1 Å². The lowest BCUT2D eigenvalue weighted by Crippen LogP contribution is -2.64. The highest BCUT2D eigenvalue weighted by atomic mass is 16.3. The van der Waals surface area contributed by atoms with E-state index >= 15 is 0 Å². The van der Waals surface area contributed by atoms with Crippen LogP contribution in [0.2, 0.25) is 0 Å². The Labute approximate surface area is 206 Å². The summed E-state index contributed by atoms with van der Waals surface area (Å²) in [7, 11) is 0. The van der Waals surface area contributed by atoms with E-state index in [1.54, 1.807) is 0 Å². The number of carbonyl (C=O) groups is 1. The number of aliphatic hydroxyl groups is 3. The van der Waals surface area contributed by atoms with Crippen LogP contribution in [0, 0.1) is 45.3 Å². The Bertz CT molecular complexity index is 869. The molecule has 0 aromatic carbocycles. The quantitative estimate of drug-likeness (QED) is 0.367. The van der Waals surface area contributed by atoms with Crippen LogP contribution in [0.25, 0.3) is 0 Å². The molecule has 4 rings (SSSR count). The lowest BCUT2D eigenvalue weighted by atomic mass is 9.38. The Morgan fingerprint density at radius 1 is 1.06 bits per heavy atom. The van der Waals surface area contributed by atoms with Crippen molar-refractivity contribution < 1.29 is 20.1 Å².